The molecule has 0 radical (unpaired) electrons. The fourth-order valence-corrected chi connectivity index (χ4v) is 5.12. The Balaban J connectivity index is 1.23. The van der Waals surface area contributed by atoms with E-state index in [0.29, 0.717) is 54.9 Å². The van der Waals surface area contributed by atoms with Gasteiger partial charge in [-0.25, -0.2) is 23.1 Å². The molecule has 3 heterocycles. The predicted octanol–water partition coefficient (Wildman–Crippen LogP) is 4.20. The zero-order valence-corrected chi connectivity index (χ0v) is 20.1. The average molecular weight is 516 g/mol. The summed E-state index contributed by atoms with van der Waals surface area (Å²) in [5, 5.41) is 9.16. The van der Waals surface area contributed by atoms with Gasteiger partial charge in [-0.05, 0) is 44.9 Å². The number of halogens is 3. The lowest BCUT2D eigenvalue weighted by molar-refractivity contribution is -0.126. The molecule has 0 unspecified atom stereocenters. The Morgan fingerprint density at radius 3 is 2.38 bits per heavy atom. The molecule has 2 aliphatic carbocycles. The second-order valence-corrected chi connectivity index (χ2v) is 10.1. The first-order chi connectivity index (χ1) is 17.9. The Morgan fingerprint density at radius 2 is 1.70 bits per heavy atom. The van der Waals surface area contributed by atoms with E-state index in [9.17, 15) is 18.0 Å². The van der Waals surface area contributed by atoms with Gasteiger partial charge in [0.05, 0.1) is 18.8 Å². The number of benzene rings is 1. The van der Waals surface area contributed by atoms with Crippen molar-refractivity contribution in [3.05, 3.63) is 35.8 Å². The highest BCUT2D eigenvalue weighted by Crippen LogP contribution is 2.33. The number of carbonyl (C=O) groups excluding carboxylic acids is 1. The van der Waals surface area contributed by atoms with Gasteiger partial charge in [0, 0.05) is 36.7 Å². The van der Waals surface area contributed by atoms with Crippen LogP contribution in [-0.2, 0) is 9.53 Å². The van der Waals surface area contributed by atoms with Crippen LogP contribution in [0, 0.1) is 23.4 Å². The minimum absolute atomic E-state index is 0.0479. The molecule has 1 aliphatic heterocycles. The van der Waals surface area contributed by atoms with Gasteiger partial charge in [0.1, 0.15) is 17.0 Å². The molecule has 2 saturated carbocycles. The van der Waals surface area contributed by atoms with Crippen LogP contribution in [-0.4, -0.2) is 50.7 Å². The molecular formula is C25H28F3N7O2. The van der Waals surface area contributed by atoms with Gasteiger partial charge in [-0.3, -0.25) is 9.36 Å². The Labute approximate surface area is 211 Å². The van der Waals surface area contributed by atoms with Crippen LogP contribution >= 0.6 is 0 Å². The van der Waals surface area contributed by atoms with E-state index in [1.165, 1.54) is 0 Å². The second kappa shape index (κ2) is 9.81. The number of hydrogen-bond donors (Lipinski definition) is 3. The minimum atomic E-state index is -1.06. The summed E-state index contributed by atoms with van der Waals surface area (Å²) in [5.41, 5.74) is 0.449. The van der Waals surface area contributed by atoms with E-state index < -0.39 is 23.1 Å². The molecule has 6 rings (SSSR count). The first-order valence-corrected chi connectivity index (χ1v) is 12.8. The molecule has 3 aromatic rings. The highest BCUT2D eigenvalue weighted by Gasteiger charge is 2.31. The molecule has 0 bridgehead atoms. The number of nitrogens with zero attached hydrogens (tertiary/aromatic N) is 4. The van der Waals surface area contributed by atoms with Gasteiger partial charge < -0.3 is 20.7 Å². The normalized spacial score (nSPS) is 23.8. The summed E-state index contributed by atoms with van der Waals surface area (Å²) in [6.45, 7) is 0.936. The fourth-order valence-electron chi connectivity index (χ4n) is 5.12. The van der Waals surface area contributed by atoms with E-state index in [4.69, 9.17) is 9.72 Å². The maximum Gasteiger partial charge on any atom is 0.224 e. The van der Waals surface area contributed by atoms with Crippen molar-refractivity contribution in [2.45, 2.75) is 63.1 Å². The fraction of sp³-hybridized carbons (Fsp3) is 0.520. The molecule has 12 heteroatoms. The van der Waals surface area contributed by atoms with E-state index in [1.54, 1.807) is 10.8 Å². The molecular weight excluding hydrogens is 487 g/mol. The molecule has 1 saturated heterocycles. The molecule has 1 atom stereocenters. The summed E-state index contributed by atoms with van der Waals surface area (Å²) in [6, 6.07) is 1.58. The van der Waals surface area contributed by atoms with Gasteiger partial charge in [-0.15, -0.1) is 0 Å². The van der Waals surface area contributed by atoms with E-state index >= 15 is 0 Å². The molecule has 2 aromatic heterocycles. The Kier molecular flexibility index (Phi) is 6.35. The average Bonchev–Trinajstić information content (AvgIpc) is 3.38. The maximum atomic E-state index is 14.4. The number of rotatable bonds is 7. The zero-order valence-electron chi connectivity index (χ0n) is 20.1. The van der Waals surface area contributed by atoms with Gasteiger partial charge in [-0.1, -0.05) is 0 Å². The summed E-state index contributed by atoms with van der Waals surface area (Å²) in [7, 11) is 0. The van der Waals surface area contributed by atoms with Crippen LogP contribution in [0.25, 0.3) is 11.2 Å². The Morgan fingerprint density at radius 1 is 0.973 bits per heavy atom. The van der Waals surface area contributed by atoms with Crippen molar-refractivity contribution in [3.8, 4) is 0 Å². The van der Waals surface area contributed by atoms with Gasteiger partial charge in [0.25, 0.3) is 0 Å². The maximum absolute atomic E-state index is 14.4. The number of imidazole rings is 1. The number of hydrogen-bond acceptors (Lipinski definition) is 7. The number of fused-ring (bicyclic) bond motifs is 1. The van der Waals surface area contributed by atoms with Crippen molar-refractivity contribution >= 4 is 34.7 Å². The molecule has 9 nitrogen and oxygen atoms in total. The van der Waals surface area contributed by atoms with Crippen LogP contribution in [0.15, 0.2) is 18.3 Å². The lowest BCUT2D eigenvalue weighted by Gasteiger charge is -2.28. The quantitative estimate of drug-likeness (QED) is 0.433. The molecule has 37 heavy (non-hydrogen) atoms. The Hall–Kier alpha value is -3.41. The molecule has 3 fully saturated rings. The minimum Gasteiger partial charge on any atom is -0.379 e. The predicted molar refractivity (Wildman–Crippen MR) is 130 cm³/mol. The number of nitrogens with one attached hydrogen (secondary N) is 3. The second-order valence-electron chi connectivity index (χ2n) is 10.1. The van der Waals surface area contributed by atoms with Crippen LogP contribution in [0.2, 0.25) is 0 Å². The molecule has 3 aliphatic rings. The lowest BCUT2D eigenvalue weighted by atomic mass is 9.85. The summed E-state index contributed by atoms with van der Waals surface area (Å²) < 4.78 is 49.4. The SMILES string of the molecule is O=C(NC1CC1)C1CCC(Nc2ncc3nc(Nc4c(F)cc(F)cc4F)n([C@H]4CCOC4)c3n2)CC1. The topological polar surface area (TPSA) is 106 Å². The monoisotopic (exact) mass is 515 g/mol. The third kappa shape index (κ3) is 5.07. The highest BCUT2D eigenvalue weighted by atomic mass is 19.1. The van der Waals surface area contributed by atoms with Gasteiger partial charge >= 0.3 is 0 Å². The van der Waals surface area contributed by atoms with E-state index in [-0.39, 0.29) is 29.9 Å². The molecule has 1 aromatic carbocycles. The molecule has 3 N–H and O–H groups in total. The van der Waals surface area contributed by atoms with Crippen LogP contribution in [0.5, 0.6) is 0 Å². The third-order valence-corrected chi connectivity index (χ3v) is 7.30. The molecule has 196 valence electrons. The van der Waals surface area contributed by atoms with Crippen molar-refractivity contribution < 1.29 is 22.7 Å². The summed E-state index contributed by atoms with van der Waals surface area (Å²) >= 11 is 0. The van der Waals surface area contributed by atoms with Crippen LogP contribution in [0.4, 0.5) is 30.8 Å². The van der Waals surface area contributed by atoms with E-state index in [2.05, 4.69) is 25.9 Å². The zero-order chi connectivity index (χ0) is 25.5. The number of amides is 1. The highest BCUT2D eigenvalue weighted by molar-refractivity contribution is 5.79. The smallest absolute Gasteiger partial charge is 0.224 e. The largest absolute Gasteiger partial charge is 0.379 e. The van der Waals surface area contributed by atoms with Crippen molar-refractivity contribution in [2.24, 2.45) is 5.92 Å². The number of anilines is 3. The van der Waals surface area contributed by atoms with Crippen molar-refractivity contribution in [2.75, 3.05) is 23.8 Å². The van der Waals surface area contributed by atoms with Gasteiger partial charge in [0.15, 0.2) is 17.3 Å². The van der Waals surface area contributed by atoms with Crippen LogP contribution in [0.1, 0.15) is 51.0 Å². The van der Waals surface area contributed by atoms with Crippen LogP contribution < -0.4 is 16.0 Å². The third-order valence-electron chi connectivity index (χ3n) is 7.30. The summed E-state index contributed by atoms with van der Waals surface area (Å²) in [4.78, 5) is 25.9. The van der Waals surface area contributed by atoms with Crippen molar-refractivity contribution in [3.63, 3.8) is 0 Å². The van der Waals surface area contributed by atoms with E-state index in [1.807, 2.05) is 0 Å². The van der Waals surface area contributed by atoms with Crippen molar-refractivity contribution in [1.82, 2.24) is 24.8 Å². The first-order valence-electron chi connectivity index (χ1n) is 12.8. The standard InChI is InChI=1S/C25H28F3N7O2/c26-14-9-18(27)21(19(28)10-14)33-25-32-20-11-29-24(34-22(20)35(25)17-7-8-37-12-17)31-16-3-1-13(2-4-16)23(36)30-15-5-6-15/h9-11,13,15-17H,1-8,12H2,(H,30,36)(H,32,33)(H,29,31,34)/t13?,16?,17-/m0/s1. The van der Waals surface area contributed by atoms with Gasteiger partial charge in [-0.2, -0.15) is 4.98 Å². The van der Waals surface area contributed by atoms with E-state index in [0.717, 1.165) is 38.5 Å². The molecule has 1 amide bonds. The van der Waals surface area contributed by atoms with Crippen molar-refractivity contribution in [1.29, 1.82) is 0 Å². The lowest BCUT2D eigenvalue weighted by Crippen LogP contribution is -2.37. The number of aromatic nitrogens is 4. The van der Waals surface area contributed by atoms with Crippen LogP contribution in [0.3, 0.4) is 0 Å². The Bertz CT molecular complexity index is 1290. The van der Waals surface area contributed by atoms with Gasteiger partial charge in [0.2, 0.25) is 17.8 Å². The summed E-state index contributed by atoms with van der Waals surface area (Å²) in [6.07, 6.45) is 7.67. The summed E-state index contributed by atoms with van der Waals surface area (Å²) in [5.74, 6) is -2.32. The molecule has 0 spiro atoms. The number of ether oxygens (including phenoxy) is 1. The number of carbonyl (C=O) groups is 1. The first kappa shape index (κ1) is 24.0.